The summed E-state index contributed by atoms with van der Waals surface area (Å²) in [5.41, 5.74) is 0.808. The minimum absolute atomic E-state index is 0.350. The van der Waals surface area contributed by atoms with Gasteiger partial charge in [-0.2, -0.15) is 0 Å². The van der Waals surface area contributed by atoms with Crippen LogP contribution < -0.4 is 4.74 Å². The molecule has 2 heterocycles. The summed E-state index contributed by atoms with van der Waals surface area (Å²) in [6.45, 7) is 0. The van der Waals surface area contributed by atoms with Crippen LogP contribution >= 0.6 is 11.3 Å². The van der Waals surface area contributed by atoms with Gasteiger partial charge in [-0.3, -0.25) is 4.98 Å². The highest BCUT2D eigenvalue weighted by atomic mass is 32.1. The lowest BCUT2D eigenvalue weighted by atomic mass is 10.3. The van der Waals surface area contributed by atoms with Gasteiger partial charge in [-0.25, -0.2) is 4.79 Å². The molecule has 0 bridgehead atoms. The van der Waals surface area contributed by atoms with Crippen LogP contribution in [0.25, 0.3) is 10.6 Å². The van der Waals surface area contributed by atoms with Crippen molar-refractivity contribution in [2.45, 2.75) is 0 Å². The highest BCUT2D eigenvalue weighted by Gasteiger charge is 2.06. The maximum Gasteiger partial charge on any atom is 0.512 e. The average Bonchev–Trinajstić information content (AvgIpc) is 2.67. The third-order valence-corrected chi connectivity index (χ3v) is 2.67. The predicted octanol–water partition coefficient (Wildman–Crippen LogP) is 2.87. The molecule has 0 radical (unpaired) electrons. The number of pyridine rings is 1. The van der Waals surface area contributed by atoms with Crippen molar-refractivity contribution >= 4 is 17.5 Å². The van der Waals surface area contributed by atoms with E-state index in [2.05, 4.69) is 9.72 Å². The lowest BCUT2D eigenvalue weighted by Crippen LogP contribution is -2.00. The molecular weight excluding hydrogens is 214 g/mol. The molecular formula is C10H7NO3S. The molecule has 0 aliphatic carbocycles. The van der Waals surface area contributed by atoms with Crippen LogP contribution in [0.2, 0.25) is 0 Å². The van der Waals surface area contributed by atoms with Crippen LogP contribution in [0.5, 0.6) is 5.06 Å². The summed E-state index contributed by atoms with van der Waals surface area (Å²) in [7, 11) is 0. The fourth-order valence-corrected chi connectivity index (χ4v) is 1.93. The number of carboxylic acid groups (broad SMARTS) is 1. The molecule has 0 amide bonds. The lowest BCUT2D eigenvalue weighted by molar-refractivity contribution is 0.146. The summed E-state index contributed by atoms with van der Waals surface area (Å²) in [4.78, 5) is 15.3. The van der Waals surface area contributed by atoms with Crippen LogP contribution in [0.4, 0.5) is 4.79 Å². The van der Waals surface area contributed by atoms with E-state index in [0.717, 1.165) is 10.6 Å². The van der Waals surface area contributed by atoms with E-state index in [1.54, 1.807) is 18.3 Å². The van der Waals surface area contributed by atoms with Crippen molar-refractivity contribution in [3.8, 4) is 15.6 Å². The fourth-order valence-electron chi connectivity index (χ4n) is 1.11. The second-order valence-corrected chi connectivity index (χ2v) is 3.75. The number of ether oxygens (including phenoxy) is 1. The second-order valence-electron chi connectivity index (χ2n) is 2.70. The highest BCUT2D eigenvalue weighted by Crippen LogP contribution is 2.31. The Morgan fingerprint density at radius 1 is 1.33 bits per heavy atom. The lowest BCUT2D eigenvalue weighted by Gasteiger charge is -1.94. The first-order valence-electron chi connectivity index (χ1n) is 4.18. The van der Waals surface area contributed by atoms with Crippen LogP contribution in [-0.4, -0.2) is 16.2 Å². The Morgan fingerprint density at radius 2 is 2.20 bits per heavy atom. The van der Waals surface area contributed by atoms with Gasteiger partial charge in [0.1, 0.15) is 0 Å². The Hall–Kier alpha value is -1.88. The first-order valence-corrected chi connectivity index (χ1v) is 4.99. The molecule has 0 aliphatic heterocycles. The molecule has 0 saturated carbocycles. The Labute approximate surface area is 89.8 Å². The predicted molar refractivity (Wildman–Crippen MR) is 56.2 cm³/mol. The van der Waals surface area contributed by atoms with Gasteiger partial charge in [-0.05, 0) is 24.3 Å². The van der Waals surface area contributed by atoms with Gasteiger partial charge >= 0.3 is 6.16 Å². The number of rotatable bonds is 2. The zero-order valence-corrected chi connectivity index (χ0v) is 8.40. The zero-order chi connectivity index (χ0) is 10.7. The molecule has 15 heavy (non-hydrogen) atoms. The van der Waals surface area contributed by atoms with Crippen molar-refractivity contribution in [2.24, 2.45) is 0 Å². The van der Waals surface area contributed by atoms with Crippen molar-refractivity contribution < 1.29 is 14.6 Å². The van der Waals surface area contributed by atoms with Gasteiger partial charge in [0.05, 0.1) is 10.6 Å². The van der Waals surface area contributed by atoms with E-state index < -0.39 is 6.16 Å². The standard InChI is InChI=1S/C10H7NO3S/c12-10(13)14-9-5-4-8(15-9)7-3-1-2-6-11-7/h1-6H,(H,12,13). The summed E-state index contributed by atoms with van der Waals surface area (Å²) in [5, 5.41) is 8.77. The quantitative estimate of drug-likeness (QED) is 0.792. The molecule has 2 rings (SSSR count). The molecule has 0 aliphatic rings. The van der Waals surface area contributed by atoms with Gasteiger partial charge in [0.25, 0.3) is 0 Å². The Morgan fingerprint density at radius 3 is 2.87 bits per heavy atom. The van der Waals surface area contributed by atoms with Crippen molar-refractivity contribution in [3.63, 3.8) is 0 Å². The Bertz CT molecular complexity index is 467. The van der Waals surface area contributed by atoms with E-state index in [1.165, 1.54) is 11.3 Å². The average molecular weight is 221 g/mol. The Kier molecular flexibility index (Phi) is 2.64. The third-order valence-electron chi connectivity index (χ3n) is 1.69. The summed E-state index contributed by atoms with van der Waals surface area (Å²) in [6.07, 6.45) is 0.386. The Balaban J connectivity index is 2.24. The van der Waals surface area contributed by atoms with E-state index in [9.17, 15) is 4.79 Å². The van der Waals surface area contributed by atoms with E-state index in [1.807, 2.05) is 18.2 Å². The first-order chi connectivity index (χ1) is 7.25. The fraction of sp³-hybridized carbons (Fsp3) is 0. The molecule has 76 valence electrons. The molecule has 2 aromatic heterocycles. The van der Waals surface area contributed by atoms with Crippen molar-refractivity contribution in [2.75, 3.05) is 0 Å². The van der Waals surface area contributed by atoms with Gasteiger partial charge < -0.3 is 9.84 Å². The summed E-state index contributed by atoms with van der Waals surface area (Å²) in [5.74, 6) is 0. The summed E-state index contributed by atoms with van der Waals surface area (Å²) < 4.78 is 4.52. The molecule has 0 atom stereocenters. The number of thiophene rings is 1. The number of aromatic nitrogens is 1. The maximum atomic E-state index is 10.3. The largest absolute Gasteiger partial charge is 0.512 e. The van der Waals surface area contributed by atoms with Crippen LogP contribution in [0, 0.1) is 0 Å². The molecule has 4 nitrogen and oxygen atoms in total. The van der Waals surface area contributed by atoms with Crippen LogP contribution in [0.15, 0.2) is 36.5 Å². The van der Waals surface area contributed by atoms with Crippen LogP contribution in [0.1, 0.15) is 0 Å². The molecule has 0 aromatic carbocycles. The molecule has 0 unspecified atom stereocenters. The second kappa shape index (κ2) is 4.10. The van der Waals surface area contributed by atoms with Crippen molar-refractivity contribution in [3.05, 3.63) is 36.5 Å². The van der Waals surface area contributed by atoms with Crippen LogP contribution in [0.3, 0.4) is 0 Å². The maximum absolute atomic E-state index is 10.3. The summed E-state index contributed by atoms with van der Waals surface area (Å²) in [6, 6.07) is 8.95. The minimum atomic E-state index is -1.30. The molecule has 5 heteroatoms. The van der Waals surface area contributed by atoms with Gasteiger partial charge in [0.15, 0.2) is 5.06 Å². The molecule has 0 saturated heterocycles. The third kappa shape index (κ3) is 2.32. The number of carbonyl (C=O) groups is 1. The van der Waals surface area contributed by atoms with Gasteiger partial charge in [-0.15, -0.1) is 0 Å². The summed E-state index contributed by atoms with van der Waals surface area (Å²) >= 11 is 1.25. The highest BCUT2D eigenvalue weighted by molar-refractivity contribution is 7.17. The smallest absolute Gasteiger partial charge is 0.449 e. The zero-order valence-electron chi connectivity index (χ0n) is 7.58. The molecule has 1 N–H and O–H groups in total. The topological polar surface area (TPSA) is 59.4 Å². The SMILES string of the molecule is O=C(O)Oc1ccc(-c2ccccn2)s1. The van der Waals surface area contributed by atoms with Crippen molar-refractivity contribution in [1.29, 1.82) is 0 Å². The minimum Gasteiger partial charge on any atom is -0.449 e. The molecule has 0 spiro atoms. The normalized spacial score (nSPS) is 9.87. The van der Waals surface area contributed by atoms with E-state index in [0.29, 0.717) is 5.06 Å². The molecule has 2 aromatic rings. The van der Waals surface area contributed by atoms with Crippen LogP contribution in [-0.2, 0) is 0 Å². The van der Waals surface area contributed by atoms with Gasteiger partial charge in [0.2, 0.25) is 0 Å². The number of hydrogen-bond donors (Lipinski definition) is 1. The van der Waals surface area contributed by atoms with E-state index in [4.69, 9.17) is 5.11 Å². The number of nitrogens with zero attached hydrogens (tertiary/aromatic N) is 1. The van der Waals surface area contributed by atoms with Crippen molar-refractivity contribution in [1.82, 2.24) is 4.98 Å². The van der Waals surface area contributed by atoms with E-state index in [-0.39, 0.29) is 0 Å². The first kappa shape index (κ1) is 9.67. The van der Waals surface area contributed by atoms with Gasteiger partial charge in [0, 0.05) is 6.20 Å². The number of hydrogen-bond acceptors (Lipinski definition) is 4. The van der Waals surface area contributed by atoms with E-state index >= 15 is 0 Å². The van der Waals surface area contributed by atoms with Gasteiger partial charge in [-0.1, -0.05) is 17.4 Å². The monoisotopic (exact) mass is 221 g/mol. The molecule has 0 fully saturated rings.